The Hall–Kier alpha value is -1.40. The minimum absolute atomic E-state index is 0.683. The highest BCUT2D eigenvalue weighted by Crippen LogP contribution is 2.31. The van der Waals surface area contributed by atoms with E-state index in [1.807, 2.05) is 7.05 Å². The van der Waals surface area contributed by atoms with Gasteiger partial charge in [0.15, 0.2) is 0 Å². The SMILES string of the molecule is CCCNc1nc(N(C)CCOC)c2cc(C)sc2n1. The van der Waals surface area contributed by atoms with Crippen LogP contribution in [0.25, 0.3) is 10.2 Å². The smallest absolute Gasteiger partial charge is 0.226 e. The molecule has 0 radical (unpaired) electrons. The first-order valence-electron chi connectivity index (χ1n) is 6.87. The molecular formula is C14H22N4OS. The third-order valence-electron chi connectivity index (χ3n) is 3.02. The van der Waals surface area contributed by atoms with Crippen LogP contribution in [-0.4, -0.2) is 43.8 Å². The monoisotopic (exact) mass is 294 g/mol. The molecule has 2 aromatic rings. The molecule has 6 heteroatoms. The molecular weight excluding hydrogens is 272 g/mol. The summed E-state index contributed by atoms with van der Waals surface area (Å²) in [4.78, 5) is 13.7. The maximum Gasteiger partial charge on any atom is 0.226 e. The van der Waals surface area contributed by atoms with Crippen LogP contribution >= 0.6 is 11.3 Å². The number of aryl methyl sites for hydroxylation is 1. The van der Waals surface area contributed by atoms with Gasteiger partial charge in [-0.15, -0.1) is 11.3 Å². The van der Waals surface area contributed by atoms with Gasteiger partial charge in [-0.05, 0) is 19.4 Å². The van der Waals surface area contributed by atoms with Gasteiger partial charge in [0, 0.05) is 32.1 Å². The lowest BCUT2D eigenvalue weighted by molar-refractivity contribution is 0.206. The summed E-state index contributed by atoms with van der Waals surface area (Å²) in [7, 11) is 3.75. The summed E-state index contributed by atoms with van der Waals surface area (Å²) < 4.78 is 5.15. The zero-order valence-corrected chi connectivity index (χ0v) is 13.4. The second-order valence-electron chi connectivity index (χ2n) is 4.79. The van der Waals surface area contributed by atoms with Gasteiger partial charge in [0.2, 0.25) is 5.95 Å². The van der Waals surface area contributed by atoms with Crippen LogP contribution in [0.5, 0.6) is 0 Å². The summed E-state index contributed by atoms with van der Waals surface area (Å²) in [5.74, 6) is 1.68. The predicted octanol–water partition coefficient (Wildman–Crippen LogP) is 2.90. The van der Waals surface area contributed by atoms with Gasteiger partial charge in [0.1, 0.15) is 10.6 Å². The predicted molar refractivity (Wildman–Crippen MR) is 86.1 cm³/mol. The highest BCUT2D eigenvalue weighted by Gasteiger charge is 2.13. The van der Waals surface area contributed by atoms with Crippen molar-refractivity contribution in [2.45, 2.75) is 20.3 Å². The third kappa shape index (κ3) is 3.37. The molecule has 0 spiro atoms. The average molecular weight is 294 g/mol. The Bertz CT molecular complexity index is 570. The fourth-order valence-corrected chi connectivity index (χ4v) is 2.84. The lowest BCUT2D eigenvalue weighted by Crippen LogP contribution is -2.23. The zero-order valence-electron chi connectivity index (χ0n) is 12.6. The number of ether oxygens (including phenoxy) is 1. The molecule has 0 fully saturated rings. The van der Waals surface area contributed by atoms with Crippen molar-refractivity contribution in [1.82, 2.24) is 9.97 Å². The number of nitrogens with zero attached hydrogens (tertiary/aromatic N) is 3. The van der Waals surface area contributed by atoms with Crippen LogP contribution in [0.2, 0.25) is 0 Å². The van der Waals surface area contributed by atoms with Gasteiger partial charge in [0.05, 0.1) is 12.0 Å². The molecule has 0 saturated carbocycles. The Balaban J connectivity index is 2.37. The number of fused-ring (bicyclic) bond motifs is 1. The van der Waals surface area contributed by atoms with Gasteiger partial charge in [-0.1, -0.05) is 6.92 Å². The second kappa shape index (κ2) is 6.85. The quantitative estimate of drug-likeness (QED) is 0.851. The molecule has 0 aliphatic carbocycles. The summed E-state index contributed by atoms with van der Waals surface area (Å²) in [5.41, 5.74) is 0. The maximum absolute atomic E-state index is 5.15. The number of hydrogen-bond acceptors (Lipinski definition) is 6. The number of anilines is 2. The molecule has 0 aliphatic heterocycles. The lowest BCUT2D eigenvalue weighted by atomic mass is 10.3. The molecule has 110 valence electrons. The summed E-state index contributed by atoms with van der Waals surface area (Å²) >= 11 is 1.71. The van der Waals surface area contributed by atoms with Crippen molar-refractivity contribution >= 4 is 33.3 Å². The van der Waals surface area contributed by atoms with Crippen LogP contribution in [0.1, 0.15) is 18.2 Å². The van der Waals surface area contributed by atoms with E-state index in [1.54, 1.807) is 18.4 Å². The van der Waals surface area contributed by atoms with Gasteiger partial charge in [-0.2, -0.15) is 4.98 Å². The van der Waals surface area contributed by atoms with Crippen molar-refractivity contribution < 1.29 is 4.74 Å². The molecule has 0 saturated heterocycles. The first-order valence-corrected chi connectivity index (χ1v) is 7.69. The van der Waals surface area contributed by atoms with Crippen LogP contribution < -0.4 is 10.2 Å². The number of methoxy groups -OCH3 is 1. The fourth-order valence-electron chi connectivity index (χ4n) is 1.97. The van der Waals surface area contributed by atoms with Crippen molar-refractivity contribution in [2.24, 2.45) is 0 Å². The summed E-state index contributed by atoms with van der Waals surface area (Å²) in [6.07, 6.45) is 1.06. The molecule has 0 unspecified atom stereocenters. The van der Waals surface area contributed by atoms with E-state index in [2.05, 4.69) is 40.1 Å². The van der Waals surface area contributed by atoms with E-state index in [4.69, 9.17) is 4.74 Å². The third-order valence-corrected chi connectivity index (χ3v) is 3.97. The number of thiophene rings is 1. The Morgan fingerprint density at radius 3 is 2.90 bits per heavy atom. The van der Waals surface area contributed by atoms with Gasteiger partial charge in [-0.25, -0.2) is 4.98 Å². The highest BCUT2D eigenvalue weighted by atomic mass is 32.1. The average Bonchev–Trinajstić information content (AvgIpc) is 2.81. The van der Waals surface area contributed by atoms with Gasteiger partial charge in [0.25, 0.3) is 0 Å². The van der Waals surface area contributed by atoms with Crippen molar-refractivity contribution in [3.63, 3.8) is 0 Å². The van der Waals surface area contributed by atoms with E-state index < -0.39 is 0 Å². The van der Waals surface area contributed by atoms with E-state index >= 15 is 0 Å². The molecule has 0 aromatic carbocycles. The standard InChI is InChI=1S/C14H22N4OS/c1-5-6-15-14-16-12(18(3)7-8-19-4)11-9-10(2)20-13(11)17-14/h9H,5-8H2,1-4H3,(H,15,16,17). The van der Waals surface area contributed by atoms with E-state index in [1.165, 1.54) is 4.88 Å². The topological polar surface area (TPSA) is 50.3 Å². The zero-order chi connectivity index (χ0) is 14.5. The van der Waals surface area contributed by atoms with Crippen molar-refractivity contribution in [3.8, 4) is 0 Å². The summed E-state index contributed by atoms with van der Waals surface area (Å²) in [5, 5.41) is 4.39. The molecule has 2 aromatic heterocycles. The van der Waals surface area contributed by atoms with Crippen molar-refractivity contribution in [1.29, 1.82) is 0 Å². The van der Waals surface area contributed by atoms with Crippen LogP contribution in [-0.2, 0) is 4.74 Å². The number of likely N-dealkylation sites (N-methyl/N-ethyl adjacent to an activating group) is 1. The maximum atomic E-state index is 5.15. The minimum atomic E-state index is 0.683. The molecule has 0 bridgehead atoms. The summed E-state index contributed by atoms with van der Waals surface area (Å²) in [6, 6.07) is 2.15. The largest absolute Gasteiger partial charge is 0.383 e. The van der Waals surface area contributed by atoms with Crippen LogP contribution in [0, 0.1) is 6.92 Å². The Morgan fingerprint density at radius 2 is 2.20 bits per heavy atom. The molecule has 0 amide bonds. The number of aromatic nitrogens is 2. The molecule has 2 heterocycles. The van der Waals surface area contributed by atoms with Gasteiger partial charge in [-0.3, -0.25) is 0 Å². The van der Waals surface area contributed by atoms with Gasteiger partial charge >= 0.3 is 0 Å². The first-order chi connectivity index (χ1) is 9.65. The second-order valence-corrected chi connectivity index (χ2v) is 6.02. The van der Waals surface area contributed by atoms with Gasteiger partial charge < -0.3 is 15.0 Å². The normalized spacial score (nSPS) is 11.0. The molecule has 0 aliphatic rings. The van der Waals surface area contributed by atoms with E-state index in [9.17, 15) is 0 Å². The Labute approximate surface area is 124 Å². The fraction of sp³-hybridized carbons (Fsp3) is 0.571. The van der Waals surface area contributed by atoms with Crippen LogP contribution in [0.4, 0.5) is 11.8 Å². The molecule has 20 heavy (non-hydrogen) atoms. The number of hydrogen-bond donors (Lipinski definition) is 1. The minimum Gasteiger partial charge on any atom is -0.383 e. The van der Waals surface area contributed by atoms with Crippen molar-refractivity contribution in [3.05, 3.63) is 10.9 Å². The highest BCUT2D eigenvalue weighted by molar-refractivity contribution is 7.18. The van der Waals surface area contributed by atoms with Crippen molar-refractivity contribution in [2.75, 3.05) is 44.1 Å². The Morgan fingerprint density at radius 1 is 1.40 bits per heavy atom. The molecule has 1 N–H and O–H groups in total. The van der Waals surface area contributed by atoms with E-state index in [0.717, 1.165) is 35.5 Å². The lowest BCUT2D eigenvalue weighted by Gasteiger charge is -2.19. The number of nitrogens with one attached hydrogen (secondary N) is 1. The molecule has 5 nitrogen and oxygen atoms in total. The first kappa shape index (κ1) is 15.0. The summed E-state index contributed by atoms with van der Waals surface area (Å²) in [6.45, 7) is 6.61. The Kier molecular flexibility index (Phi) is 5.14. The van der Waals surface area contributed by atoms with Crippen LogP contribution in [0.15, 0.2) is 6.07 Å². The van der Waals surface area contributed by atoms with Crippen LogP contribution in [0.3, 0.4) is 0 Å². The van der Waals surface area contributed by atoms with E-state index in [-0.39, 0.29) is 0 Å². The number of rotatable bonds is 7. The van der Waals surface area contributed by atoms with E-state index in [0.29, 0.717) is 12.6 Å². The molecule has 0 atom stereocenters. The molecule has 2 rings (SSSR count).